The summed E-state index contributed by atoms with van der Waals surface area (Å²) in [6.45, 7) is 0.236. The van der Waals surface area contributed by atoms with Gasteiger partial charge in [-0.3, -0.25) is 9.56 Å². The van der Waals surface area contributed by atoms with Crippen LogP contribution < -0.4 is 0 Å². The summed E-state index contributed by atoms with van der Waals surface area (Å²) < 4.78 is 30.0. The lowest BCUT2D eigenvalue weighted by atomic mass is 10.00. The standard InChI is InChI=1S/C17H11BrF2N4/c18-8-15-22-23-16-9-21-17(11-3-1-2-4-13(11)20)12-7-10(19)5-6-14(12)24(15)16/h1-7H,8-9H2. The molecule has 0 spiro atoms. The molecule has 2 heterocycles. The molecule has 0 saturated heterocycles. The maximum absolute atomic E-state index is 14.3. The van der Waals surface area contributed by atoms with Crippen molar-refractivity contribution in [2.45, 2.75) is 11.9 Å². The van der Waals surface area contributed by atoms with Crippen LogP contribution in [0.4, 0.5) is 8.78 Å². The molecular weight excluding hydrogens is 378 g/mol. The minimum Gasteiger partial charge on any atom is -0.280 e. The lowest BCUT2D eigenvalue weighted by Gasteiger charge is -2.13. The van der Waals surface area contributed by atoms with E-state index in [1.807, 2.05) is 4.57 Å². The van der Waals surface area contributed by atoms with Gasteiger partial charge in [0.15, 0.2) is 5.82 Å². The van der Waals surface area contributed by atoms with Gasteiger partial charge in [0.2, 0.25) is 0 Å². The van der Waals surface area contributed by atoms with Crippen LogP contribution in [0.25, 0.3) is 5.69 Å². The molecule has 0 unspecified atom stereocenters. The van der Waals surface area contributed by atoms with E-state index in [1.165, 1.54) is 18.2 Å². The maximum Gasteiger partial charge on any atom is 0.159 e. The summed E-state index contributed by atoms with van der Waals surface area (Å²) in [5.74, 6) is 0.506. The Labute approximate surface area is 145 Å². The Kier molecular flexibility index (Phi) is 3.72. The zero-order chi connectivity index (χ0) is 16.7. The third-order valence-electron chi connectivity index (χ3n) is 3.88. The molecule has 1 aliphatic rings. The molecule has 0 N–H and O–H groups in total. The van der Waals surface area contributed by atoms with Gasteiger partial charge in [0, 0.05) is 11.1 Å². The average Bonchev–Trinajstić information content (AvgIpc) is 2.93. The first-order valence-corrected chi connectivity index (χ1v) is 8.40. The monoisotopic (exact) mass is 388 g/mol. The minimum absolute atomic E-state index is 0.236. The van der Waals surface area contributed by atoms with Crippen LogP contribution in [-0.4, -0.2) is 20.5 Å². The Morgan fingerprint density at radius 3 is 2.67 bits per heavy atom. The molecule has 0 radical (unpaired) electrons. The Morgan fingerprint density at radius 2 is 1.88 bits per heavy atom. The molecule has 0 fully saturated rings. The molecule has 0 atom stereocenters. The number of hydrogen-bond acceptors (Lipinski definition) is 3. The summed E-state index contributed by atoms with van der Waals surface area (Å²) in [6, 6.07) is 10.7. The highest BCUT2D eigenvalue weighted by atomic mass is 79.9. The van der Waals surface area contributed by atoms with Gasteiger partial charge in [0.1, 0.15) is 24.0 Å². The lowest BCUT2D eigenvalue weighted by Crippen LogP contribution is -2.10. The van der Waals surface area contributed by atoms with E-state index < -0.39 is 11.6 Å². The summed E-state index contributed by atoms with van der Waals surface area (Å²) >= 11 is 3.38. The van der Waals surface area contributed by atoms with Gasteiger partial charge in [0.25, 0.3) is 0 Å². The number of benzene rings is 2. The Hall–Kier alpha value is -2.41. The second kappa shape index (κ2) is 5.90. The van der Waals surface area contributed by atoms with E-state index in [0.29, 0.717) is 39.5 Å². The first kappa shape index (κ1) is 15.1. The van der Waals surface area contributed by atoms with Gasteiger partial charge in [-0.1, -0.05) is 28.1 Å². The fourth-order valence-electron chi connectivity index (χ4n) is 2.83. The third-order valence-corrected chi connectivity index (χ3v) is 4.38. The normalized spacial score (nSPS) is 13.0. The fourth-order valence-corrected chi connectivity index (χ4v) is 3.20. The molecule has 24 heavy (non-hydrogen) atoms. The number of aromatic nitrogens is 3. The van der Waals surface area contributed by atoms with Crippen molar-refractivity contribution < 1.29 is 8.78 Å². The second-order valence-electron chi connectivity index (χ2n) is 5.31. The molecule has 2 aromatic carbocycles. The van der Waals surface area contributed by atoms with Crippen LogP contribution in [0, 0.1) is 11.6 Å². The van der Waals surface area contributed by atoms with E-state index in [1.54, 1.807) is 24.3 Å². The molecule has 0 amide bonds. The van der Waals surface area contributed by atoms with E-state index in [9.17, 15) is 8.78 Å². The highest BCUT2D eigenvalue weighted by Crippen LogP contribution is 2.27. The van der Waals surface area contributed by atoms with E-state index in [-0.39, 0.29) is 6.54 Å². The van der Waals surface area contributed by atoms with Gasteiger partial charge < -0.3 is 0 Å². The molecule has 4 nitrogen and oxygen atoms in total. The van der Waals surface area contributed by atoms with Crippen LogP contribution in [0.1, 0.15) is 22.8 Å². The van der Waals surface area contributed by atoms with Crippen molar-refractivity contribution in [1.29, 1.82) is 0 Å². The van der Waals surface area contributed by atoms with Crippen LogP contribution in [0.3, 0.4) is 0 Å². The summed E-state index contributed by atoms with van der Waals surface area (Å²) in [6.07, 6.45) is 0. The SMILES string of the molecule is Fc1ccc2c(c1)C(c1ccccc1F)=NCc1nnc(CBr)n1-2. The van der Waals surface area contributed by atoms with Gasteiger partial charge in [-0.15, -0.1) is 10.2 Å². The highest BCUT2D eigenvalue weighted by molar-refractivity contribution is 9.08. The largest absolute Gasteiger partial charge is 0.280 e. The molecule has 1 aliphatic heterocycles. The summed E-state index contributed by atoms with van der Waals surface area (Å²) in [5, 5.41) is 8.76. The van der Waals surface area contributed by atoms with Gasteiger partial charge in [0.05, 0.1) is 16.7 Å². The molecule has 4 rings (SSSR count). The van der Waals surface area contributed by atoms with Crippen molar-refractivity contribution in [2.24, 2.45) is 4.99 Å². The minimum atomic E-state index is -0.408. The number of rotatable bonds is 2. The van der Waals surface area contributed by atoms with Gasteiger partial charge in [-0.2, -0.15) is 0 Å². The number of halogens is 3. The first-order valence-electron chi connectivity index (χ1n) is 7.28. The first-order chi connectivity index (χ1) is 11.7. The van der Waals surface area contributed by atoms with Crippen molar-refractivity contribution >= 4 is 21.6 Å². The molecular formula is C17H11BrF2N4. The average molecular weight is 389 g/mol. The van der Waals surface area contributed by atoms with Gasteiger partial charge in [-0.25, -0.2) is 8.78 Å². The summed E-state index contributed by atoms with van der Waals surface area (Å²) in [7, 11) is 0. The van der Waals surface area contributed by atoms with Gasteiger partial charge in [-0.05, 0) is 30.3 Å². The number of nitrogens with zero attached hydrogens (tertiary/aromatic N) is 4. The van der Waals surface area contributed by atoms with Crippen LogP contribution in [0.5, 0.6) is 0 Å². The molecule has 0 saturated carbocycles. The zero-order valence-electron chi connectivity index (χ0n) is 12.4. The van der Waals surface area contributed by atoms with Crippen molar-refractivity contribution in [2.75, 3.05) is 0 Å². The van der Waals surface area contributed by atoms with Crippen LogP contribution in [0.15, 0.2) is 47.5 Å². The zero-order valence-corrected chi connectivity index (χ0v) is 14.0. The number of fused-ring (bicyclic) bond motifs is 3. The molecule has 3 aromatic rings. The molecule has 1 aromatic heterocycles. The predicted molar refractivity (Wildman–Crippen MR) is 89.7 cm³/mol. The molecule has 7 heteroatoms. The molecule has 0 aliphatic carbocycles. The number of aliphatic imine (C=N–C) groups is 1. The Bertz CT molecular complexity index is 965. The van der Waals surface area contributed by atoms with E-state index in [2.05, 4.69) is 31.1 Å². The van der Waals surface area contributed by atoms with Crippen LogP contribution in [-0.2, 0) is 11.9 Å². The van der Waals surface area contributed by atoms with Gasteiger partial charge >= 0.3 is 0 Å². The Morgan fingerprint density at radius 1 is 1.04 bits per heavy atom. The summed E-state index contributed by atoms with van der Waals surface area (Å²) in [4.78, 5) is 4.50. The van der Waals surface area contributed by atoms with Crippen molar-refractivity contribution in [3.63, 3.8) is 0 Å². The topological polar surface area (TPSA) is 43.1 Å². The fraction of sp³-hybridized carbons (Fsp3) is 0.118. The predicted octanol–water partition coefficient (Wildman–Crippen LogP) is 3.79. The van der Waals surface area contributed by atoms with Crippen molar-refractivity contribution in [1.82, 2.24) is 14.8 Å². The van der Waals surface area contributed by atoms with E-state index >= 15 is 0 Å². The Balaban J connectivity index is 2.01. The second-order valence-corrected chi connectivity index (χ2v) is 5.87. The van der Waals surface area contributed by atoms with Crippen molar-refractivity contribution in [3.8, 4) is 5.69 Å². The maximum atomic E-state index is 14.3. The van der Waals surface area contributed by atoms with Crippen molar-refractivity contribution in [3.05, 3.63) is 76.9 Å². The highest BCUT2D eigenvalue weighted by Gasteiger charge is 2.24. The van der Waals surface area contributed by atoms with E-state index in [4.69, 9.17) is 0 Å². The van der Waals surface area contributed by atoms with E-state index in [0.717, 1.165) is 0 Å². The third kappa shape index (κ3) is 2.36. The molecule has 120 valence electrons. The summed E-state index contributed by atoms with van der Waals surface area (Å²) in [5.41, 5.74) is 1.95. The van der Waals surface area contributed by atoms with Crippen LogP contribution in [0.2, 0.25) is 0 Å². The lowest BCUT2D eigenvalue weighted by molar-refractivity contribution is 0.623. The molecule has 0 bridgehead atoms. The number of hydrogen-bond donors (Lipinski definition) is 0. The smallest absolute Gasteiger partial charge is 0.159 e. The van der Waals surface area contributed by atoms with Crippen LogP contribution >= 0.6 is 15.9 Å². The quantitative estimate of drug-likeness (QED) is 0.626. The number of alkyl halides is 1.